The maximum Gasteiger partial charge on any atom is 0.222 e. The number of anilines is 1. The number of rotatable bonds is 5. The summed E-state index contributed by atoms with van der Waals surface area (Å²) in [6.07, 6.45) is 5.68. The topological polar surface area (TPSA) is 50.3 Å². The number of hydrogen-bond donors (Lipinski definition) is 1. The zero-order valence-electron chi connectivity index (χ0n) is 15.5. The summed E-state index contributed by atoms with van der Waals surface area (Å²) >= 11 is 6.15. The van der Waals surface area contributed by atoms with E-state index in [-0.39, 0.29) is 5.41 Å². The number of likely N-dealkylation sites (tertiary alicyclic amines) is 1. The second-order valence-corrected chi connectivity index (χ2v) is 8.69. The fraction of sp³-hybridized carbons (Fsp3) is 0.524. The van der Waals surface area contributed by atoms with Crippen LogP contribution in [0.25, 0.3) is 0 Å². The van der Waals surface area contributed by atoms with Gasteiger partial charge in [0.1, 0.15) is 0 Å². The number of aromatic nitrogens is 2. The van der Waals surface area contributed by atoms with Crippen LogP contribution in [0.15, 0.2) is 30.5 Å². The van der Waals surface area contributed by atoms with Gasteiger partial charge in [0.05, 0.1) is 24.3 Å². The summed E-state index contributed by atoms with van der Waals surface area (Å²) in [5.41, 5.74) is 3.56. The molecule has 1 N–H and O–H groups in total. The molecule has 27 heavy (non-hydrogen) atoms. The van der Waals surface area contributed by atoms with Crippen LogP contribution in [0.5, 0.6) is 0 Å². The molecule has 1 saturated carbocycles. The van der Waals surface area contributed by atoms with Gasteiger partial charge in [-0.3, -0.25) is 4.90 Å². The standard InChI is InChI=1S/C21H25ClN4O/c22-18-3-1-2-16(8-18)11-26-7-6-21(13-26)14-27-12-17-10-24-20(25-19(17)21)23-9-15-4-5-15/h1-3,8,10,15H,4-7,9,11-14H2,(H,23,24,25)/t21-/m1/s1. The van der Waals surface area contributed by atoms with E-state index in [1.165, 1.54) is 24.1 Å². The molecule has 2 aliphatic heterocycles. The third-order valence-corrected chi connectivity index (χ3v) is 6.21. The highest BCUT2D eigenvalue weighted by molar-refractivity contribution is 6.30. The van der Waals surface area contributed by atoms with E-state index < -0.39 is 0 Å². The summed E-state index contributed by atoms with van der Waals surface area (Å²) in [6.45, 7) is 5.27. The van der Waals surface area contributed by atoms with Crippen LogP contribution in [-0.2, 0) is 23.3 Å². The van der Waals surface area contributed by atoms with Crippen LogP contribution in [0.2, 0.25) is 5.02 Å². The van der Waals surface area contributed by atoms with Gasteiger partial charge in [-0.2, -0.15) is 0 Å². The molecule has 5 nitrogen and oxygen atoms in total. The van der Waals surface area contributed by atoms with Crippen LogP contribution in [0, 0.1) is 5.92 Å². The van der Waals surface area contributed by atoms with Crippen molar-refractivity contribution in [3.05, 3.63) is 52.3 Å². The highest BCUT2D eigenvalue weighted by atomic mass is 35.5. The van der Waals surface area contributed by atoms with Crippen molar-refractivity contribution in [3.8, 4) is 0 Å². The summed E-state index contributed by atoms with van der Waals surface area (Å²) < 4.78 is 5.95. The van der Waals surface area contributed by atoms with Crippen molar-refractivity contribution in [2.24, 2.45) is 5.92 Å². The zero-order valence-corrected chi connectivity index (χ0v) is 16.2. The Labute approximate surface area is 165 Å². The molecule has 3 aliphatic rings. The van der Waals surface area contributed by atoms with E-state index >= 15 is 0 Å². The smallest absolute Gasteiger partial charge is 0.222 e. The Hall–Kier alpha value is -1.69. The molecule has 0 amide bonds. The summed E-state index contributed by atoms with van der Waals surface area (Å²) in [6, 6.07) is 8.15. The molecule has 1 aliphatic carbocycles. The monoisotopic (exact) mass is 384 g/mol. The molecule has 3 heterocycles. The van der Waals surface area contributed by atoms with Crippen molar-refractivity contribution in [2.45, 2.75) is 37.8 Å². The van der Waals surface area contributed by atoms with Gasteiger partial charge in [0.15, 0.2) is 0 Å². The molecular formula is C21H25ClN4O. The van der Waals surface area contributed by atoms with Crippen molar-refractivity contribution >= 4 is 17.5 Å². The maximum atomic E-state index is 6.15. The van der Waals surface area contributed by atoms with Crippen LogP contribution in [0.1, 0.15) is 36.1 Å². The molecule has 6 heteroatoms. The highest BCUT2D eigenvalue weighted by Gasteiger charge is 2.44. The Kier molecular flexibility index (Phi) is 4.54. The predicted molar refractivity (Wildman–Crippen MR) is 106 cm³/mol. The summed E-state index contributed by atoms with van der Waals surface area (Å²) in [7, 11) is 0. The summed E-state index contributed by atoms with van der Waals surface area (Å²) in [5, 5.41) is 4.23. The van der Waals surface area contributed by atoms with Gasteiger partial charge in [-0.1, -0.05) is 23.7 Å². The van der Waals surface area contributed by atoms with E-state index in [2.05, 4.69) is 27.3 Å². The molecule has 0 bridgehead atoms. The largest absolute Gasteiger partial charge is 0.376 e. The van der Waals surface area contributed by atoms with Gasteiger partial charge < -0.3 is 10.1 Å². The van der Waals surface area contributed by atoms with Gasteiger partial charge in [0, 0.05) is 36.4 Å². The first-order valence-electron chi connectivity index (χ1n) is 9.85. The maximum absolute atomic E-state index is 6.15. The van der Waals surface area contributed by atoms with E-state index in [1.54, 1.807) is 0 Å². The molecule has 2 fully saturated rings. The molecule has 1 aromatic heterocycles. The number of nitrogens with one attached hydrogen (secondary N) is 1. The molecule has 0 unspecified atom stereocenters. The van der Waals surface area contributed by atoms with E-state index in [0.29, 0.717) is 6.61 Å². The Balaban J connectivity index is 1.35. The molecule has 1 spiro atoms. The van der Waals surface area contributed by atoms with Gasteiger partial charge in [-0.25, -0.2) is 9.97 Å². The van der Waals surface area contributed by atoms with E-state index in [4.69, 9.17) is 21.3 Å². The molecular weight excluding hydrogens is 360 g/mol. The Morgan fingerprint density at radius 1 is 1.33 bits per heavy atom. The number of benzene rings is 1. The molecule has 1 atom stereocenters. The molecule has 142 valence electrons. The minimum absolute atomic E-state index is 0.0227. The van der Waals surface area contributed by atoms with Crippen LogP contribution in [0.4, 0.5) is 5.95 Å². The lowest BCUT2D eigenvalue weighted by molar-refractivity contribution is 0.0503. The van der Waals surface area contributed by atoms with E-state index in [9.17, 15) is 0 Å². The van der Waals surface area contributed by atoms with Crippen LogP contribution in [-0.4, -0.2) is 41.1 Å². The van der Waals surface area contributed by atoms with Crippen molar-refractivity contribution in [2.75, 3.05) is 31.6 Å². The number of hydrogen-bond acceptors (Lipinski definition) is 5. The summed E-state index contributed by atoms with van der Waals surface area (Å²) in [4.78, 5) is 12.0. The van der Waals surface area contributed by atoms with Crippen molar-refractivity contribution in [3.63, 3.8) is 0 Å². The lowest BCUT2D eigenvalue weighted by Gasteiger charge is -2.34. The summed E-state index contributed by atoms with van der Waals surface area (Å²) in [5.74, 6) is 1.58. The predicted octanol–water partition coefficient (Wildman–Crippen LogP) is 3.63. The Morgan fingerprint density at radius 3 is 3.11 bits per heavy atom. The average Bonchev–Trinajstić information content (AvgIpc) is 3.42. The first kappa shape index (κ1) is 17.4. The first-order chi connectivity index (χ1) is 13.2. The van der Waals surface area contributed by atoms with Crippen LogP contribution in [0.3, 0.4) is 0 Å². The Morgan fingerprint density at radius 2 is 2.26 bits per heavy atom. The van der Waals surface area contributed by atoms with Gasteiger partial charge in [0.25, 0.3) is 0 Å². The minimum Gasteiger partial charge on any atom is -0.376 e. The third kappa shape index (κ3) is 3.68. The quantitative estimate of drug-likeness (QED) is 0.853. The third-order valence-electron chi connectivity index (χ3n) is 5.98. The average molecular weight is 385 g/mol. The second kappa shape index (κ2) is 7.04. The number of halogens is 1. The Bertz CT molecular complexity index is 841. The lowest BCUT2D eigenvalue weighted by Crippen LogP contribution is -2.40. The normalized spacial score (nSPS) is 24.9. The van der Waals surface area contributed by atoms with Gasteiger partial charge in [-0.15, -0.1) is 0 Å². The molecule has 0 radical (unpaired) electrons. The number of ether oxygens (including phenoxy) is 1. The van der Waals surface area contributed by atoms with Crippen molar-refractivity contribution in [1.29, 1.82) is 0 Å². The van der Waals surface area contributed by atoms with E-state index in [0.717, 1.165) is 61.7 Å². The number of fused-ring (bicyclic) bond motifs is 2. The van der Waals surface area contributed by atoms with E-state index in [1.807, 2.05) is 18.3 Å². The van der Waals surface area contributed by atoms with Crippen LogP contribution >= 0.6 is 11.6 Å². The number of nitrogens with zero attached hydrogens (tertiary/aromatic N) is 3. The van der Waals surface area contributed by atoms with Gasteiger partial charge in [-0.05, 0) is 49.4 Å². The fourth-order valence-electron chi connectivity index (χ4n) is 4.34. The van der Waals surface area contributed by atoms with Crippen LogP contribution < -0.4 is 5.32 Å². The fourth-order valence-corrected chi connectivity index (χ4v) is 4.55. The SMILES string of the molecule is Clc1cccc(CN2CC[C@]3(COCc4cnc(NCC5CC5)nc43)C2)c1. The molecule has 1 aromatic carbocycles. The molecule has 2 aromatic rings. The van der Waals surface area contributed by atoms with Crippen molar-refractivity contribution in [1.82, 2.24) is 14.9 Å². The second-order valence-electron chi connectivity index (χ2n) is 8.26. The lowest BCUT2D eigenvalue weighted by atomic mass is 9.80. The first-order valence-corrected chi connectivity index (χ1v) is 10.2. The molecule has 1 saturated heterocycles. The minimum atomic E-state index is -0.0227. The van der Waals surface area contributed by atoms with Crippen molar-refractivity contribution < 1.29 is 4.74 Å². The van der Waals surface area contributed by atoms with Gasteiger partial charge >= 0.3 is 0 Å². The molecule has 5 rings (SSSR count). The van der Waals surface area contributed by atoms with Gasteiger partial charge in [0.2, 0.25) is 5.95 Å². The highest BCUT2D eigenvalue weighted by Crippen LogP contribution is 2.40. The zero-order chi connectivity index (χ0) is 18.3.